The van der Waals surface area contributed by atoms with Gasteiger partial charge in [-0.25, -0.2) is 4.99 Å². The molecule has 156 valence electrons. The number of carbonyl (C=O) groups is 3. The summed E-state index contributed by atoms with van der Waals surface area (Å²) in [6.45, 7) is 2.54. The third-order valence-electron chi connectivity index (χ3n) is 4.84. The maximum absolute atomic E-state index is 13.0. The van der Waals surface area contributed by atoms with Crippen molar-refractivity contribution in [1.29, 1.82) is 0 Å². The second kappa shape index (κ2) is 9.82. The van der Waals surface area contributed by atoms with Crippen molar-refractivity contribution in [3.8, 4) is 0 Å². The maximum atomic E-state index is 13.0. The number of benzodiazepines with no additional fused rings is 1. The minimum atomic E-state index is -1.07. The summed E-state index contributed by atoms with van der Waals surface area (Å²) in [5, 5.41) is 5.42. The number of benzene rings is 2. The Morgan fingerprint density at radius 1 is 1.00 bits per heavy atom. The summed E-state index contributed by atoms with van der Waals surface area (Å²) in [5.41, 5.74) is 3.03. The van der Waals surface area contributed by atoms with E-state index in [4.69, 9.17) is 0 Å². The number of rotatable bonds is 7. The normalized spacial score (nSPS) is 15.7. The van der Waals surface area contributed by atoms with Crippen molar-refractivity contribution in [3.63, 3.8) is 0 Å². The van der Waals surface area contributed by atoms with E-state index in [2.05, 4.69) is 15.6 Å². The number of hydrogen-bond acceptors (Lipinski definition) is 4. The minimum absolute atomic E-state index is 0.00776. The number of anilines is 1. The van der Waals surface area contributed by atoms with Gasteiger partial charge >= 0.3 is 0 Å². The minimum Gasteiger partial charge on any atom is -0.356 e. The van der Waals surface area contributed by atoms with Crippen LogP contribution in [-0.2, 0) is 14.4 Å². The number of para-hydroxylation sites is 1. The highest BCUT2D eigenvalue weighted by atomic mass is 16.2. The molecule has 7 heteroatoms. The molecule has 0 aliphatic carbocycles. The predicted molar refractivity (Wildman–Crippen MR) is 116 cm³/mol. The number of aliphatic imine (C=N–C) groups is 1. The van der Waals surface area contributed by atoms with Gasteiger partial charge in [0.05, 0.1) is 11.4 Å². The molecule has 7 nitrogen and oxygen atoms in total. The van der Waals surface area contributed by atoms with Gasteiger partial charge in [0.15, 0.2) is 0 Å². The summed E-state index contributed by atoms with van der Waals surface area (Å²) in [6.07, 6.45) is -0.174. The van der Waals surface area contributed by atoms with Gasteiger partial charge in [-0.1, -0.05) is 55.5 Å². The van der Waals surface area contributed by atoms with Crippen molar-refractivity contribution in [3.05, 3.63) is 65.7 Å². The molecule has 30 heavy (non-hydrogen) atoms. The lowest BCUT2D eigenvalue weighted by atomic mass is 10.0. The van der Waals surface area contributed by atoms with Crippen LogP contribution in [0.15, 0.2) is 59.6 Å². The zero-order valence-corrected chi connectivity index (χ0v) is 17.2. The second-order valence-corrected chi connectivity index (χ2v) is 7.08. The van der Waals surface area contributed by atoms with Crippen LogP contribution < -0.4 is 15.5 Å². The summed E-state index contributed by atoms with van der Waals surface area (Å²) in [6, 6.07) is 17.1. The molecule has 0 bridgehead atoms. The van der Waals surface area contributed by atoms with Gasteiger partial charge in [-0.2, -0.15) is 0 Å². The highest BCUT2D eigenvalue weighted by Gasteiger charge is 2.30. The van der Waals surface area contributed by atoms with Crippen molar-refractivity contribution in [1.82, 2.24) is 10.6 Å². The molecule has 2 aromatic rings. The molecule has 2 N–H and O–H groups in total. The van der Waals surface area contributed by atoms with Crippen molar-refractivity contribution in [2.75, 3.05) is 18.5 Å². The molecule has 0 saturated carbocycles. The van der Waals surface area contributed by atoms with Gasteiger partial charge in [0.25, 0.3) is 5.91 Å². The zero-order valence-electron chi connectivity index (χ0n) is 17.2. The zero-order chi connectivity index (χ0) is 21.5. The van der Waals surface area contributed by atoms with E-state index < -0.39 is 12.1 Å². The molecular weight excluding hydrogens is 380 g/mol. The predicted octanol–water partition coefficient (Wildman–Crippen LogP) is 2.25. The largest absolute Gasteiger partial charge is 0.356 e. The summed E-state index contributed by atoms with van der Waals surface area (Å²) in [4.78, 5) is 43.4. The number of hydrogen-bond donors (Lipinski definition) is 2. The molecule has 1 aliphatic rings. The molecule has 0 unspecified atom stereocenters. The molecule has 2 aromatic carbocycles. The molecular formula is C23H26N4O3. The van der Waals surface area contributed by atoms with Crippen LogP contribution in [0.5, 0.6) is 0 Å². The molecule has 0 aromatic heterocycles. The highest BCUT2D eigenvalue weighted by Crippen LogP contribution is 2.27. The number of likely N-dealkylation sites (N-methyl/N-ethyl adjacent to an activating group) is 1. The van der Waals surface area contributed by atoms with E-state index in [1.54, 1.807) is 7.05 Å². The van der Waals surface area contributed by atoms with Gasteiger partial charge in [-0.3, -0.25) is 14.4 Å². The Bertz CT molecular complexity index is 956. The van der Waals surface area contributed by atoms with Crippen LogP contribution >= 0.6 is 0 Å². The number of carbonyl (C=O) groups excluding carboxylic acids is 3. The Labute approximate surface area is 176 Å². The summed E-state index contributed by atoms with van der Waals surface area (Å²) >= 11 is 0. The Morgan fingerprint density at radius 2 is 1.67 bits per heavy atom. The first-order chi connectivity index (χ1) is 14.5. The molecule has 0 fully saturated rings. The third-order valence-corrected chi connectivity index (χ3v) is 4.84. The molecule has 3 rings (SSSR count). The van der Waals surface area contributed by atoms with Gasteiger partial charge in [0.2, 0.25) is 18.0 Å². The van der Waals surface area contributed by atoms with Crippen LogP contribution in [0.4, 0.5) is 5.69 Å². The van der Waals surface area contributed by atoms with E-state index in [1.807, 2.05) is 61.5 Å². The van der Waals surface area contributed by atoms with Gasteiger partial charge in [0, 0.05) is 37.6 Å². The van der Waals surface area contributed by atoms with Crippen LogP contribution in [0.1, 0.15) is 37.3 Å². The fourth-order valence-electron chi connectivity index (χ4n) is 3.25. The summed E-state index contributed by atoms with van der Waals surface area (Å²) in [5.74, 6) is -0.912. The SMILES string of the molecule is CCCNC(=O)CCC(=O)N[C@H]1N=C(c2ccccc2)c2ccccc2N(C)C1=O. The first kappa shape index (κ1) is 21.2. The Balaban J connectivity index is 1.85. The number of nitrogens with zero attached hydrogens (tertiary/aromatic N) is 2. The molecule has 1 aliphatic heterocycles. The van der Waals surface area contributed by atoms with Crippen molar-refractivity contribution in [2.45, 2.75) is 32.4 Å². The lowest BCUT2D eigenvalue weighted by Crippen LogP contribution is -2.46. The Hall–Kier alpha value is -3.48. The fourth-order valence-corrected chi connectivity index (χ4v) is 3.25. The van der Waals surface area contributed by atoms with E-state index >= 15 is 0 Å². The topological polar surface area (TPSA) is 90.9 Å². The molecule has 1 atom stereocenters. The number of nitrogens with one attached hydrogen (secondary N) is 2. The third kappa shape index (κ3) is 4.92. The summed E-state index contributed by atoms with van der Waals surface area (Å²) in [7, 11) is 1.67. The van der Waals surface area contributed by atoms with Crippen LogP contribution in [0.3, 0.4) is 0 Å². The molecule has 1 heterocycles. The Kier molecular flexibility index (Phi) is 6.95. The standard InChI is InChI=1S/C23H26N4O3/c1-3-15-24-19(28)13-14-20(29)25-22-23(30)27(2)18-12-8-7-11-17(18)21(26-22)16-9-5-4-6-10-16/h4-12,22H,3,13-15H2,1-2H3,(H,24,28)(H,25,29)/t22-/m0/s1. The first-order valence-corrected chi connectivity index (χ1v) is 10.1. The molecule has 3 amide bonds. The van der Waals surface area contributed by atoms with Crippen LogP contribution in [0.2, 0.25) is 0 Å². The van der Waals surface area contributed by atoms with E-state index in [0.29, 0.717) is 12.3 Å². The second-order valence-electron chi connectivity index (χ2n) is 7.08. The van der Waals surface area contributed by atoms with Crippen LogP contribution in [0.25, 0.3) is 0 Å². The maximum Gasteiger partial charge on any atom is 0.272 e. The monoisotopic (exact) mass is 406 g/mol. The Morgan fingerprint density at radius 3 is 2.40 bits per heavy atom. The van der Waals surface area contributed by atoms with Crippen LogP contribution in [-0.4, -0.2) is 43.2 Å². The van der Waals surface area contributed by atoms with E-state index in [9.17, 15) is 14.4 Å². The quantitative estimate of drug-likeness (QED) is 0.739. The van der Waals surface area contributed by atoms with E-state index in [1.165, 1.54) is 4.90 Å². The molecule has 0 spiro atoms. The average Bonchev–Trinajstić information content (AvgIpc) is 2.87. The number of fused-ring (bicyclic) bond motifs is 1. The van der Waals surface area contributed by atoms with Crippen molar-refractivity contribution >= 4 is 29.1 Å². The highest BCUT2D eigenvalue weighted by molar-refractivity contribution is 6.20. The first-order valence-electron chi connectivity index (χ1n) is 10.1. The van der Waals surface area contributed by atoms with E-state index in [-0.39, 0.29) is 24.7 Å². The van der Waals surface area contributed by atoms with E-state index in [0.717, 1.165) is 23.2 Å². The lowest BCUT2D eigenvalue weighted by Gasteiger charge is -2.20. The van der Waals surface area contributed by atoms with Crippen molar-refractivity contribution in [2.24, 2.45) is 4.99 Å². The van der Waals surface area contributed by atoms with Crippen LogP contribution in [0, 0.1) is 0 Å². The molecule has 0 radical (unpaired) electrons. The van der Waals surface area contributed by atoms with Gasteiger partial charge in [-0.05, 0) is 12.5 Å². The number of amides is 3. The molecule has 0 saturated heterocycles. The van der Waals surface area contributed by atoms with Crippen molar-refractivity contribution < 1.29 is 14.4 Å². The smallest absolute Gasteiger partial charge is 0.272 e. The fraction of sp³-hybridized carbons (Fsp3) is 0.304. The van der Waals surface area contributed by atoms with Gasteiger partial charge in [0.1, 0.15) is 0 Å². The lowest BCUT2D eigenvalue weighted by molar-refractivity contribution is -0.129. The summed E-state index contributed by atoms with van der Waals surface area (Å²) < 4.78 is 0. The van der Waals surface area contributed by atoms with Gasteiger partial charge in [-0.15, -0.1) is 0 Å². The van der Waals surface area contributed by atoms with Gasteiger partial charge < -0.3 is 15.5 Å². The average molecular weight is 406 g/mol.